The number of aryl methyl sites for hydroxylation is 1. The van der Waals surface area contributed by atoms with Crippen LogP contribution >= 0.6 is 11.3 Å². The first kappa shape index (κ1) is 10.8. The predicted molar refractivity (Wildman–Crippen MR) is 62.9 cm³/mol. The smallest absolute Gasteiger partial charge is 0.203 e. The van der Waals surface area contributed by atoms with Crippen LogP contribution in [0, 0.1) is 0 Å². The van der Waals surface area contributed by atoms with Gasteiger partial charge in [-0.15, -0.1) is 10.2 Å². The lowest BCUT2D eigenvalue weighted by Gasteiger charge is -2.25. The molecule has 2 N–H and O–H groups in total. The Labute approximate surface area is 94.5 Å². The van der Waals surface area contributed by atoms with Gasteiger partial charge in [0, 0.05) is 6.42 Å². The number of nitrogens with two attached hydrogens (primary N) is 1. The zero-order valence-electron chi connectivity index (χ0n) is 8.98. The SMILES string of the molecule is Nc1nnc(CCCN2CCCCC2)s1. The van der Waals surface area contributed by atoms with Crippen molar-refractivity contribution in [3.63, 3.8) is 0 Å². The van der Waals surface area contributed by atoms with Gasteiger partial charge in [-0.25, -0.2) is 0 Å². The molecule has 1 saturated heterocycles. The monoisotopic (exact) mass is 226 g/mol. The Bertz CT molecular complexity index is 293. The Kier molecular flexibility index (Phi) is 3.91. The highest BCUT2D eigenvalue weighted by Gasteiger charge is 2.09. The topological polar surface area (TPSA) is 55.0 Å². The zero-order chi connectivity index (χ0) is 10.5. The number of piperidine rings is 1. The highest BCUT2D eigenvalue weighted by molar-refractivity contribution is 7.15. The Balaban J connectivity index is 1.65. The summed E-state index contributed by atoms with van der Waals surface area (Å²) >= 11 is 1.51. The molecule has 15 heavy (non-hydrogen) atoms. The van der Waals surface area contributed by atoms with Crippen LogP contribution in [0.15, 0.2) is 0 Å². The molecule has 0 unspecified atom stereocenters. The quantitative estimate of drug-likeness (QED) is 0.846. The van der Waals surface area contributed by atoms with Crippen LogP contribution in [0.2, 0.25) is 0 Å². The van der Waals surface area contributed by atoms with Gasteiger partial charge in [-0.05, 0) is 38.9 Å². The highest BCUT2D eigenvalue weighted by atomic mass is 32.1. The number of nitrogen functional groups attached to an aromatic ring is 1. The Morgan fingerprint density at radius 2 is 2.00 bits per heavy atom. The van der Waals surface area contributed by atoms with E-state index in [2.05, 4.69) is 15.1 Å². The number of likely N-dealkylation sites (tertiary alicyclic amines) is 1. The normalized spacial score (nSPS) is 18.1. The maximum atomic E-state index is 5.53. The fourth-order valence-electron chi connectivity index (χ4n) is 2.00. The Morgan fingerprint density at radius 1 is 1.20 bits per heavy atom. The fraction of sp³-hybridized carbons (Fsp3) is 0.800. The van der Waals surface area contributed by atoms with Gasteiger partial charge in [0.2, 0.25) is 5.13 Å². The second kappa shape index (κ2) is 5.42. The third kappa shape index (κ3) is 3.43. The van der Waals surface area contributed by atoms with Crippen LogP contribution in [0.4, 0.5) is 5.13 Å². The van der Waals surface area contributed by atoms with Crippen LogP contribution in [0.1, 0.15) is 30.7 Å². The fourth-order valence-corrected chi connectivity index (χ4v) is 2.66. The molecule has 5 heteroatoms. The van der Waals surface area contributed by atoms with E-state index in [0.717, 1.165) is 11.4 Å². The lowest BCUT2D eigenvalue weighted by atomic mass is 10.1. The predicted octanol–water partition coefficient (Wildman–Crippen LogP) is 1.54. The van der Waals surface area contributed by atoms with Gasteiger partial charge in [0.05, 0.1) is 0 Å². The van der Waals surface area contributed by atoms with Gasteiger partial charge in [-0.2, -0.15) is 0 Å². The number of hydrogen-bond donors (Lipinski definition) is 1. The molecule has 0 spiro atoms. The summed E-state index contributed by atoms with van der Waals surface area (Å²) in [7, 11) is 0. The molecular formula is C10H18N4S. The molecule has 0 amide bonds. The Hall–Kier alpha value is -0.680. The summed E-state index contributed by atoms with van der Waals surface area (Å²) in [4.78, 5) is 2.55. The summed E-state index contributed by atoms with van der Waals surface area (Å²) in [6, 6.07) is 0. The highest BCUT2D eigenvalue weighted by Crippen LogP contribution is 2.14. The van der Waals surface area contributed by atoms with Crippen molar-refractivity contribution >= 4 is 16.5 Å². The van der Waals surface area contributed by atoms with Gasteiger partial charge >= 0.3 is 0 Å². The third-order valence-corrected chi connectivity index (χ3v) is 3.61. The number of rotatable bonds is 4. The third-order valence-electron chi connectivity index (χ3n) is 2.80. The largest absolute Gasteiger partial charge is 0.374 e. The maximum Gasteiger partial charge on any atom is 0.203 e. The second-order valence-electron chi connectivity index (χ2n) is 4.04. The molecule has 4 nitrogen and oxygen atoms in total. The molecule has 0 radical (unpaired) electrons. The van der Waals surface area contributed by atoms with E-state index < -0.39 is 0 Å². The lowest BCUT2D eigenvalue weighted by molar-refractivity contribution is 0.226. The van der Waals surface area contributed by atoms with Crippen LogP contribution < -0.4 is 5.73 Å². The molecule has 0 aromatic carbocycles. The maximum absolute atomic E-state index is 5.53. The number of nitrogens with zero attached hydrogens (tertiary/aromatic N) is 3. The van der Waals surface area contributed by atoms with E-state index in [1.807, 2.05) is 0 Å². The first-order chi connectivity index (χ1) is 7.34. The first-order valence-corrected chi connectivity index (χ1v) is 6.46. The van der Waals surface area contributed by atoms with Crippen molar-refractivity contribution in [2.24, 2.45) is 0 Å². The Morgan fingerprint density at radius 3 is 2.67 bits per heavy atom. The van der Waals surface area contributed by atoms with E-state index in [9.17, 15) is 0 Å². The van der Waals surface area contributed by atoms with Gasteiger partial charge in [0.25, 0.3) is 0 Å². The minimum Gasteiger partial charge on any atom is -0.374 e. The van der Waals surface area contributed by atoms with Crippen molar-refractivity contribution in [3.8, 4) is 0 Å². The van der Waals surface area contributed by atoms with E-state index in [1.165, 1.54) is 56.7 Å². The average molecular weight is 226 g/mol. The molecule has 0 atom stereocenters. The van der Waals surface area contributed by atoms with Gasteiger partial charge in [-0.1, -0.05) is 17.8 Å². The number of hydrogen-bond acceptors (Lipinski definition) is 5. The molecule has 1 aliphatic heterocycles. The molecule has 1 aromatic heterocycles. The van der Waals surface area contributed by atoms with Crippen molar-refractivity contribution < 1.29 is 0 Å². The van der Waals surface area contributed by atoms with Crippen molar-refractivity contribution in [3.05, 3.63) is 5.01 Å². The molecule has 1 fully saturated rings. The molecule has 0 bridgehead atoms. The van der Waals surface area contributed by atoms with E-state index >= 15 is 0 Å². The van der Waals surface area contributed by atoms with Crippen LogP contribution in [0.3, 0.4) is 0 Å². The summed E-state index contributed by atoms with van der Waals surface area (Å²) in [5, 5.41) is 9.50. The van der Waals surface area contributed by atoms with Crippen molar-refractivity contribution in [2.45, 2.75) is 32.1 Å². The molecular weight excluding hydrogens is 208 g/mol. The molecule has 1 aromatic rings. The van der Waals surface area contributed by atoms with Crippen molar-refractivity contribution in [1.29, 1.82) is 0 Å². The van der Waals surface area contributed by atoms with E-state index in [4.69, 9.17) is 5.73 Å². The lowest BCUT2D eigenvalue weighted by Crippen LogP contribution is -2.30. The average Bonchev–Trinajstić information content (AvgIpc) is 2.66. The van der Waals surface area contributed by atoms with Gasteiger partial charge in [0.1, 0.15) is 5.01 Å². The summed E-state index contributed by atoms with van der Waals surface area (Å²) < 4.78 is 0. The molecule has 0 aliphatic carbocycles. The van der Waals surface area contributed by atoms with Crippen LogP contribution in [-0.4, -0.2) is 34.7 Å². The van der Waals surface area contributed by atoms with Gasteiger partial charge in [-0.3, -0.25) is 0 Å². The van der Waals surface area contributed by atoms with Crippen LogP contribution in [0.25, 0.3) is 0 Å². The molecule has 1 aliphatic rings. The molecule has 0 saturated carbocycles. The zero-order valence-corrected chi connectivity index (χ0v) is 9.80. The van der Waals surface area contributed by atoms with E-state index in [1.54, 1.807) is 0 Å². The van der Waals surface area contributed by atoms with E-state index in [0.29, 0.717) is 5.13 Å². The van der Waals surface area contributed by atoms with Crippen LogP contribution in [0.5, 0.6) is 0 Å². The minimum absolute atomic E-state index is 0.586. The summed E-state index contributed by atoms with van der Waals surface area (Å²) in [6.45, 7) is 3.75. The molecule has 84 valence electrons. The molecule has 2 heterocycles. The first-order valence-electron chi connectivity index (χ1n) is 5.65. The summed E-state index contributed by atoms with van der Waals surface area (Å²) in [5.41, 5.74) is 5.53. The number of aromatic nitrogens is 2. The van der Waals surface area contributed by atoms with E-state index in [-0.39, 0.29) is 0 Å². The number of anilines is 1. The summed E-state index contributed by atoms with van der Waals surface area (Å²) in [5.74, 6) is 0. The van der Waals surface area contributed by atoms with Crippen molar-refractivity contribution in [1.82, 2.24) is 15.1 Å². The van der Waals surface area contributed by atoms with Crippen molar-refractivity contribution in [2.75, 3.05) is 25.4 Å². The summed E-state index contributed by atoms with van der Waals surface area (Å²) in [6.07, 6.45) is 6.33. The van der Waals surface area contributed by atoms with Gasteiger partial charge in [0.15, 0.2) is 0 Å². The molecule has 2 rings (SSSR count). The van der Waals surface area contributed by atoms with Crippen LogP contribution in [-0.2, 0) is 6.42 Å². The second-order valence-corrected chi connectivity index (χ2v) is 5.13. The van der Waals surface area contributed by atoms with Gasteiger partial charge < -0.3 is 10.6 Å². The minimum atomic E-state index is 0.586. The standard InChI is InChI=1S/C10H18N4S/c11-10-13-12-9(15-10)5-4-8-14-6-2-1-3-7-14/h1-8H2,(H2,11,13).